The van der Waals surface area contributed by atoms with Gasteiger partial charge in [-0.3, -0.25) is 0 Å². The molecular weight excluding hydrogens is 158 g/mol. The molecule has 0 N–H and O–H groups in total. The van der Waals surface area contributed by atoms with Gasteiger partial charge < -0.3 is 0 Å². The van der Waals surface area contributed by atoms with E-state index in [1.54, 1.807) is 0 Å². The lowest BCUT2D eigenvalue weighted by Crippen LogP contribution is -2.47. The molecule has 0 saturated carbocycles. The molecule has 11 heavy (non-hydrogen) atoms. The summed E-state index contributed by atoms with van der Waals surface area (Å²) in [5, 5.41) is 23.8. The summed E-state index contributed by atoms with van der Waals surface area (Å²) in [4.78, 5) is 0. The molecule has 0 radical (unpaired) electrons. The van der Waals surface area contributed by atoms with E-state index in [0.717, 1.165) is 0 Å². The van der Waals surface area contributed by atoms with Gasteiger partial charge in [0.25, 0.3) is 6.08 Å². The Bertz CT molecular complexity index is 244. The maximum atomic E-state index is 11.7. The molecule has 0 atom stereocenters. The van der Waals surface area contributed by atoms with E-state index in [2.05, 4.69) is 0 Å². The van der Waals surface area contributed by atoms with Gasteiger partial charge >= 0.3 is 7.57 Å². The number of alkyl halides is 3. The van der Waals surface area contributed by atoms with E-state index in [0.29, 0.717) is 17.9 Å². The summed E-state index contributed by atoms with van der Waals surface area (Å²) >= 11 is 0. The molecule has 0 aromatic carbocycles. The smallest absolute Gasteiger partial charge is 0.247 e. The van der Waals surface area contributed by atoms with Gasteiger partial charge in [0.15, 0.2) is 0 Å². The fourth-order valence-corrected chi connectivity index (χ4v) is 0.306. The van der Waals surface area contributed by atoms with Crippen molar-refractivity contribution in [2.75, 3.05) is 0 Å². The summed E-state index contributed by atoms with van der Waals surface area (Å²) in [5.74, 6) is 2.01. The van der Waals surface area contributed by atoms with Crippen molar-refractivity contribution >= 4 is 6.15 Å². The number of hydrogen-bond donors (Lipinski definition) is 0. The minimum Gasteiger partial charge on any atom is -0.247 e. The van der Waals surface area contributed by atoms with Crippen LogP contribution in [0.3, 0.4) is 0 Å². The number of halogens is 3. The predicted molar refractivity (Wildman–Crippen MR) is 29.8 cm³/mol. The molecule has 0 aromatic heterocycles. The third-order valence-corrected chi connectivity index (χ3v) is 1.07. The monoisotopic (exact) mass is 159 g/mol. The second-order valence-electron chi connectivity index (χ2n) is 1.79. The van der Waals surface area contributed by atoms with E-state index in [-0.39, 0.29) is 1.43 Å². The highest BCUT2D eigenvalue weighted by atomic mass is 19.4. The van der Waals surface area contributed by atoms with Crippen molar-refractivity contribution < 1.29 is 14.6 Å². The van der Waals surface area contributed by atoms with Gasteiger partial charge in [0.05, 0.1) is 0 Å². The molecule has 0 rings (SSSR count). The SMILES string of the molecule is N#C[B-](C#N)(C#N)C(F)(F)F.[H+]. The molecule has 0 aliphatic heterocycles. The van der Waals surface area contributed by atoms with Crippen molar-refractivity contribution in [1.82, 2.24) is 0 Å². The summed E-state index contributed by atoms with van der Waals surface area (Å²) in [6.07, 6.45) is -9.24. The average Bonchev–Trinajstić information content (AvgIpc) is 1.90. The van der Waals surface area contributed by atoms with E-state index >= 15 is 0 Å². The normalized spacial score (nSPS) is 10.9. The molecule has 3 nitrogen and oxygen atoms in total. The predicted octanol–water partition coefficient (Wildman–Crippen LogP) is 0.838. The van der Waals surface area contributed by atoms with Crippen LogP contribution < -0.4 is 0 Å². The zero-order chi connectivity index (χ0) is 9.12. The van der Waals surface area contributed by atoms with Gasteiger partial charge in [0.1, 0.15) is 0 Å². The number of nitrogens with zero attached hydrogens (tertiary/aromatic N) is 3. The van der Waals surface area contributed by atoms with Crippen LogP contribution in [0.4, 0.5) is 13.2 Å². The molecule has 0 amide bonds. The van der Waals surface area contributed by atoms with Crippen molar-refractivity contribution in [2.45, 2.75) is 6.08 Å². The molecule has 56 valence electrons. The molecule has 7 heteroatoms. The molecule has 0 aromatic rings. The first kappa shape index (κ1) is 9.32. The lowest BCUT2D eigenvalue weighted by molar-refractivity contribution is -0.0513. The fraction of sp³-hybridized carbons (Fsp3) is 0.250. The van der Waals surface area contributed by atoms with E-state index in [1.165, 1.54) is 0 Å². The van der Waals surface area contributed by atoms with Crippen molar-refractivity contribution in [2.24, 2.45) is 0 Å². The maximum Gasteiger partial charge on any atom is 1.00 e. The minimum absolute atomic E-state index is 0. The lowest BCUT2D eigenvalue weighted by Gasteiger charge is -2.19. The van der Waals surface area contributed by atoms with Gasteiger partial charge in [-0.05, 0) is 0 Å². The highest BCUT2D eigenvalue weighted by Crippen LogP contribution is 2.26. The van der Waals surface area contributed by atoms with Crippen molar-refractivity contribution in [3.05, 3.63) is 0 Å². The van der Waals surface area contributed by atoms with Crippen LogP contribution in [-0.2, 0) is 0 Å². The Hall–Kier alpha value is -1.68. The second-order valence-corrected chi connectivity index (χ2v) is 1.79. The van der Waals surface area contributed by atoms with Crippen LogP contribution in [0.25, 0.3) is 0 Å². The molecule has 0 aliphatic carbocycles. The largest absolute Gasteiger partial charge is 1.00 e. The van der Waals surface area contributed by atoms with Crippen LogP contribution in [0, 0.1) is 33.7 Å². The van der Waals surface area contributed by atoms with Gasteiger partial charge in [-0.2, -0.15) is 0 Å². The van der Waals surface area contributed by atoms with Gasteiger partial charge in [-0.25, -0.2) is 29.0 Å². The molecule has 0 fully saturated rings. The Balaban J connectivity index is 0. The van der Waals surface area contributed by atoms with Crippen LogP contribution in [-0.4, -0.2) is 12.2 Å². The van der Waals surface area contributed by atoms with E-state index < -0.39 is 12.2 Å². The number of nitriles is 3. The third kappa shape index (κ3) is 1.25. The van der Waals surface area contributed by atoms with Gasteiger partial charge in [0, 0.05) is 0 Å². The topological polar surface area (TPSA) is 71.4 Å². The fourth-order valence-electron chi connectivity index (χ4n) is 0.306. The molecular formula is C4HBF3N3. The van der Waals surface area contributed by atoms with Crippen molar-refractivity contribution in [3.63, 3.8) is 0 Å². The molecule has 0 bridgehead atoms. The first-order chi connectivity index (χ1) is 4.93. The van der Waals surface area contributed by atoms with Gasteiger partial charge in [0.2, 0.25) is 0 Å². The Labute approximate surface area is 61.7 Å². The Kier molecular flexibility index (Phi) is 2.13. The van der Waals surface area contributed by atoms with Crippen LogP contribution in [0.15, 0.2) is 0 Å². The molecule has 0 spiro atoms. The van der Waals surface area contributed by atoms with Gasteiger partial charge in [-0.15, -0.1) is 17.9 Å². The number of hydrogen-bond acceptors (Lipinski definition) is 3. The summed E-state index contributed by atoms with van der Waals surface area (Å²) < 4.78 is 35.2. The second kappa shape index (κ2) is 2.52. The average molecular weight is 159 g/mol. The number of rotatable bonds is 0. The quantitative estimate of drug-likeness (QED) is 0.491. The van der Waals surface area contributed by atoms with Gasteiger partial charge in [-0.1, -0.05) is 0 Å². The highest BCUT2D eigenvalue weighted by molar-refractivity contribution is 7.00. The van der Waals surface area contributed by atoms with E-state index in [9.17, 15) is 13.2 Å². The Morgan fingerprint density at radius 2 is 1.27 bits per heavy atom. The first-order valence-corrected chi connectivity index (χ1v) is 2.39. The third-order valence-electron chi connectivity index (χ3n) is 1.07. The van der Waals surface area contributed by atoms with Crippen molar-refractivity contribution in [1.29, 1.82) is 15.8 Å². The zero-order valence-corrected chi connectivity index (χ0v) is 5.05. The lowest BCUT2D eigenvalue weighted by atomic mass is 9.28. The standard InChI is InChI=1S/C4BF3N3/c6-4(7,8)5(1-9,2-10)3-11/q-1/p+1. The summed E-state index contributed by atoms with van der Waals surface area (Å²) in [7, 11) is 0. The summed E-state index contributed by atoms with van der Waals surface area (Å²) in [5.41, 5.74) is 0. The van der Waals surface area contributed by atoms with Crippen molar-refractivity contribution in [3.8, 4) is 17.9 Å². The van der Waals surface area contributed by atoms with Crippen LogP contribution in [0.2, 0.25) is 0 Å². The highest BCUT2D eigenvalue weighted by Gasteiger charge is 2.51. The Morgan fingerprint density at radius 1 is 1.00 bits per heavy atom. The Morgan fingerprint density at radius 3 is 1.27 bits per heavy atom. The summed E-state index contributed by atoms with van der Waals surface area (Å²) in [6.45, 7) is 0. The minimum atomic E-state index is -5.06. The van der Waals surface area contributed by atoms with E-state index in [1.807, 2.05) is 0 Å². The molecule has 0 aliphatic rings. The summed E-state index contributed by atoms with van der Waals surface area (Å²) in [6, 6.07) is 0. The zero-order valence-electron chi connectivity index (χ0n) is 6.05. The maximum absolute atomic E-state index is 11.7. The molecule has 0 heterocycles. The molecule has 0 unspecified atom stereocenters. The first-order valence-electron chi connectivity index (χ1n) is 2.39. The van der Waals surface area contributed by atoms with E-state index in [4.69, 9.17) is 15.8 Å². The molecule has 0 saturated heterocycles. The van der Waals surface area contributed by atoms with Crippen LogP contribution in [0.5, 0.6) is 0 Å². The van der Waals surface area contributed by atoms with Crippen LogP contribution >= 0.6 is 0 Å². The van der Waals surface area contributed by atoms with Crippen LogP contribution in [0.1, 0.15) is 1.43 Å².